The number of carbonyl (C=O) groups excluding carboxylic acids is 2. The van der Waals surface area contributed by atoms with Crippen molar-refractivity contribution in [1.82, 2.24) is 5.32 Å². The van der Waals surface area contributed by atoms with Gasteiger partial charge in [-0.2, -0.15) is 0 Å². The summed E-state index contributed by atoms with van der Waals surface area (Å²) in [5, 5.41) is 5.77. The molecule has 0 saturated carbocycles. The molecule has 0 aromatic heterocycles. The quantitative estimate of drug-likeness (QED) is 0.705. The van der Waals surface area contributed by atoms with Crippen molar-refractivity contribution in [2.45, 2.75) is 18.9 Å². The topological polar surface area (TPSA) is 93.5 Å². The lowest BCUT2D eigenvalue weighted by Gasteiger charge is -2.11. The van der Waals surface area contributed by atoms with Crippen molar-refractivity contribution in [1.29, 1.82) is 0 Å². The molecular weight excluding hydrogens is 258 g/mol. The SMILES string of the molecule is NC(=O)c1cccc(NCC(=O)NCC2CCCO2)c1. The van der Waals surface area contributed by atoms with Crippen LogP contribution in [0.5, 0.6) is 0 Å². The second-order valence-electron chi connectivity index (χ2n) is 4.74. The maximum Gasteiger partial charge on any atom is 0.248 e. The Morgan fingerprint density at radius 2 is 2.25 bits per heavy atom. The molecule has 0 aliphatic carbocycles. The van der Waals surface area contributed by atoms with Crippen LogP contribution in [-0.2, 0) is 9.53 Å². The molecular formula is C14H19N3O3. The van der Waals surface area contributed by atoms with E-state index in [0.29, 0.717) is 17.8 Å². The van der Waals surface area contributed by atoms with E-state index in [4.69, 9.17) is 10.5 Å². The van der Waals surface area contributed by atoms with E-state index < -0.39 is 5.91 Å². The van der Waals surface area contributed by atoms with Gasteiger partial charge in [0, 0.05) is 24.4 Å². The van der Waals surface area contributed by atoms with Crippen LogP contribution in [0.3, 0.4) is 0 Å². The lowest BCUT2D eigenvalue weighted by molar-refractivity contribution is -0.119. The lowest BCUT2D eigenvalue weighted by Crippen LogP contribution is -2.35. The Hall–Kier alpha value is -2.08. The number of hydrogen-bond donors (Lipinski definition) is 3. The van der Waals surface area contributed by atoms with Crippen LogP contribution < -0.4 is 16.4 Å². The number of hydrogen-bond acceptors (Lipinski definition) is 4. The minimum Gasteiger partial charge on any atom is -0.376 e. The highest BCUT2D eigenvalue weighted by Gasteiger charge is 2.15. The van der Waals surface area contributed by atoms with E-state index in [1.807, 2.05) is 0 Å². The average Bonchev–Trinajstić information content (AvgIpc) is 2.96. The van der Waals surface area contributed by atoms with Gasteiger partial charge in [-0.25, -0.2) is 0 Å². The molecule has 2 rings (SSSR count). The highest BCUT2D eigenvalue weighted by molar-refractivity contribution is 5.93. The summed E-state index contributed by atoms with van der Waals surface area (Å²) in [6.07, 6.45) is 2.18. The molecule has 1 saturated heterocycles. The summed E-state index contributed by atoms with van der Waals surface area (Å²) in [5.41, 5.74) is 6.30. The van der Waals surface area contributed by atoms with E-state index in [0.717, 1.165) is 19.4 Å². The second kappa shape index (κ2) is 6.91. The van der Waals surface area contributed by atoms with Crippen molar-refractivity contribution in [3.8, 4) is 0 Å². The zero-order valence-electron chi connectivity index (χ0n) is 11.2. The molecule has 1 aliphatic heterocycles. The van der Waals surface area contributed by atoms with Crippen molar-refractivity contribution < 1.29 is 14.3 Å². The van der Waals surface area contributed by atoms with E-state index in [9.17, 15) is 9.59 Å². The number of rotatable bonds is 6. The third-order valence-corrected chi connectivity index (χ3v) is 3.15. The Kier molecular flexibility index (Phi) is 4.95. The molecule has 6 heteroatoms. The second-order valence-corrected chi connectivity index (χ2v) is 4.74. The van der Waals surface area contributed by atoms with Crippen LogP contribution in [0.25, 0.3) is 0 Å². The molecule has 1 aromatic rings. The average molecular weight is 277 g/mol. The summed E-state index contributed by atoms with van der Waals surface area (Å²) in [6, 6.07) is 6.74. The number of ether oxygens (including phenoxy) is 1. The Morgan fingerprint density at radius 1 is 1.40 bits per heavy atom. The first kappa shape index (κ1) is 14.3. The Bertz CT molecular complexity index is 484. The maximum atomic E-state index is 11.7. The van der Waals surface area contributed by atoms with Crippen molar-refractivity contribution >= 4 is 17.5 Å². The van der Waals surface area contributed by atoms with Crippen LogP contribution >= 0.6 is 0 Å². The van der Waals surface area contributed by atoms with Gasteiger partial charge in [0.05, 0.1) is 12.6 Å². The van der Waals surface area contributed by atoms with Gasteiger partial charge in [-0.05, 0) is 31.0 Å². The number of nitrogens with one attached hydrogen (secondary N) is 2. The fourth-order valence-electron chi connectivity index (χ4n) is 2.06. The maximum absolute atomic E-state index is 11.7. The summed E-state index contributed by atoms with van der Waals surface area (Å²) in [4.78, 5) is 22.7. The van der Waals surface area contributed by atoms with Gasteiger partial charge >= 0.3 is 0 Å². The fraction of sp³-hybridized carbons (Fsp3) is 0.429. The van der Waals surface area contributed by atoms with E-state index in [2.05, 4.69) is 10.6 Å². The van der Waals surface area contributed by atoms with Gasteiger partial charge in [0.1, 0.15) is 0 Å². The molecule has 0 bridgehead atoms. The first-order valence-corrected chi connectivity index (χ1v) is 6.67. The van der Waals surface area contributed by atoms with Crippen molar-refractivity contribution in [3.63, 3.8) is 0 Å². The Balaban J connectivity index is 1.75. The molecule has 1 atom stereocenters. The van der Waals surface area contributed by atoms with E-state index in [-0.39, 0.29) is 18.6 Å². The molecule has 1 aliphatic rings. The number of carbonyl (C=O) groups is 2. The summed E-state index contributed by atoms with van der Waals surface area (Å²) in [5.74, 6) is -0.596. The molecule has 1 fully saturated rings. The zero-order chi connectivity index (χ0) is 14.4. The van der Waals surface area contributed by atoms with Gasteiger partial charge in [-0.1, -0.05) is 6.07 Å². The van der Waals surface area contributed by atoms with Gasteiger partial charge < -0.3 is 21.1 Å². The molecule has 2 amide bonds. The van der Waals surface area contributed by atoms with E-state index in [1.165, 1.54) is 0 Å². The number of benzene rings is 1. The predicted octanol–water partition coefficient (Wildman–Crippen LogP) is 0.493. The van der Waals surface area contributed by atoms with Crippen LogP contribution in [0.15, 0.2) is 24.3 Å². The molecule has 1 aromatic carbocycles. The van der Waals surface area contributed by atoms with Gasteiger partial charge in [-0.3, -0.25) is 9.59 Å². The normalized spacial score (nSPS) is 17.7. The molecule has 0 spiro atoms. The Labute approximate surface area is 117 Å². The van der Waals surface area contributed by atoms with Crippen LogP contribution in [0.4, 0.5) is 5.69 Å². The van der Waals surface area contributed by atoms with Gasteiger partial charge in [0.15, 0.2) is 0 Å². The van der Waals surface area contributed by atoms with Crippen LogP contribution in [0, 0.1) is 0 Å². The summed E-state index contributed by atoms with van der Waals surface area (Å²) >= 11 is 0. The third kappa shape index (κ3) is 4.24. The third-order valence-electron chi connectivity index (χ3n) is 3.15. The molecule has 108 valence electrons. The molecule has 6 nitrogen and oxygen atoms in total. The minimum atomic E-state index is -0.489. The van der Waals surface area contributed by atoms with Crippen LogP contribution in [-0.4, -0.2) is 37.6 Å². The summed E-state index contributed by atoms with van der Waals surface area (Å²) in [6.45, 7) is 1.47. The van der Waals surface area contributed by atoms with Crippen LogP contribution in [0.2, 0.25) is 0 Å². The van der Waals surface area contributed by atoms with Gasteiger partial charge in [-0.15, -0.1) is 0 Å². The van der Waals surface area contributed by atoms with Crippen molar-refractivity contribution in [3.05, 3.63) is 29.8 Å². The zero-order valence-corrected chi connectivity index (χ0v) is 11.2. The highest BCUT2D eigenvalue weighted by atomic mass is 16.5. The number of primary amides is 1. The monoisotopic (exact) mass is 277 g/mol. The van der Waals surface area contributed by atoms with E-state index in [1.54, 1.807) is 24.3 Å². The number of nitrogens with two attached hydrogens (primary N) is 1. The fourth-order valence-corrected chi connectivity index (χ4v) is 2.06. The highest BCUT2D eigenvalue weighted by Crippen LogP contribution is 2.11. The number of amides is 2. The number of anilines is 1. The predicted molar refractivity (Wildman–Crippen MR) is 75.4 cm³/mol. The first-order valence-electron chi connectivity index (χ1n) is 6.67. The summed E-state index contributed by atoms with van der Waals surface area (Å²) < 4.78 is 5.42. The largest absolute Gasteiger partial charge is 0.376 e. The molecule has 4 N–H and O–H groups in total. The van der Waals surface area contributed by atoms with Gasteiger partial charge in [0.25, 0.3) is 0 Å². The smallest absolute Gasteiger partial charge is 0.248 e. The van der Waals surface area contributed by atoms with Crippen molar-refractivity contribution in [2.24, 2.45) is 5.73 Å². The molecule has 1 unspecified atom stereocenters. The van der Waals surface area contributed by atoms with Gasteiger partial charge in [0.2, 0.25) is 11.8 Å². The van der Waals surface area contributed by atoms with Crippen molar-refractivity contribution in [2.75, 3.05) is 25.0 Å². The first-order chi connectivity index (χ1) is 9.65. The summed E-state index contributed by atoms with van der Waals surface area (Å²) in [7, 11) is 0. The van der Waals surface area contributed by atoms with E-state index >= 15 is 0 Å². The van der Waals surface area contributed by atoms with Crippen LogP contribution in [0.1, 0.15) is 23.2 Å². The standard InChI is InChI=1S/C14H19N3O3/c15-14(19)10-3-1-4-11(7-10)16-9-13(18)17-8-12-5-2-6-20-12/h1,3-4,7,12,16H,2,5-6,8-9H2,(H2,15,19)(H,17,18). The molecule has 0 radical (unpaired) electrons. The molecule has 1 heterocycles. The Morgan fingerprint density at radius 3 is 2.95 bits per heavy atom. The minimum absolute atomic E-state index is 0.107. The lowest BCUT2D eigenvalue weighted by atomic mass is 10.2. The molecule has 20 heavy (non-hydrogen) atoms.